The molecule has 15 nitrogen and oxygen atoms in total. The third-order valence-corrected chi connectivity index (χ3v) is 3.36. The maximum atomic E-state index is 10.2. The van der Waals surface area contributed by atoms with Crippen LogP contribution in [-0.4, -0.2) is 82.6 Å². The number of aromatic amines is 2. The molecule has 1 rings (SSSR count). The maximum absolute atomic E-state index is 10.2. The second-order valence-electron chi connectivity index (χ2n) is 4.21. The largest absolute Gasteiger partial charge is 0.745 e. The summed E-state index contributed by atoms with van der Waals surface area (Å²) in [5.41, 5.74) is -0.855. The molecule has 0 saturated carbocycles. The Morgan fingerprint density at radius 2 is 1.59 bits per heavy atom. The first-order chi connectivity index (χ1) is 12.5. The van der Waals surface area contributed by atoms with Crippen LogP contribution in [0.15, 0.2) is 21.9 Å². The molecule has 0 aromatic carbocycles. The van der Waals surface area contributed by atoms with Crippen LogP contribution in [0.5, 0.6) is 0 Å². The first kappa shape index (κ1) is 27.4. The molecule has 1 aromatic rings. The first-order valence-corrected chi connectivity index (χ1v) is 8.79. The Labute approximate surface area is 151 Å². The molecule has 17 heteroatoms. The number of rotatable bonds is 7. The quantitative estimate of drug-likeness (QED) is 0.146. The molecular formula is C10H18N2O13P2+2. The lowest BCUT2D eigenvalue weighted by atomic mass is 10.0. The molecule has 1 heterocycles. The van der Waals surface area contributed by atoms with E-state index in [-0.39, 0.29) is 11.8 Å². The zero-order valence-corrected chi connectivity index (χ0v) is 15.0. The van der Waals surface area contributed by atoms with E-state index >= 15 is 0 Å². The van der Waals surface area contributed by atoms with Crippen molar-refractivity contribution in [1.29, 1.82) is 0 Å². The van der Waals surface area contributed by atoms with E-state index in [4.69, 9.17) is 35.3 Å². The summed E-state index contributed by atoms with van der Waals surface area (Å²) in [7, 11) is -5.85. The molecule has 0 radical (unpaired) electrons. The van der Waals surface area contributed by atoms with Gasteiger partial charge >= 0.3 is 22.2 Å². The van der Waals surface area contributed by atoms with E-state index in [9.17, 15) is 23.5 Å². The van der Waals surface area contributed by atoms with Crippen molar-refractivity contribution in [2.45, 2.75) is 24.4 Å². The molecule has 0 aliphatic carbocycles. The molecule has 0 aliphatic heterocycles. The molecule has 27 heavy (non-hydrogen) atoms. The molecule has 0 saturated heterocycles. The lowest BCUT2D eigenvalue weighted by Gasteiger charge is -2.22. The normalized spacial score (nSPS) is 15.5. The number of hydrogen-bond acceptors (Lipinski definition) is 11. The Hall–Kier alpha value is -1.77. The molecule has 0 spiro atoms. The van der Waals surface area contributed by atoms with Crippen LogP contribution in [0.2, 0.25) is 0 Å². The Kier molecular flexibility index (Phi) is 15.6. The van der Waals surface area contributed by atoms with Gasteiger partial charge in [-0.1, -0.05) is 0 Å². The Bertz CT molecular complexity index is 655. The lowest BCUT2D eigenvalue weighted by Crippen LogP contribution is -2.46. The van der Waals surface area contributed by atoms with E-state index < -0.39 is 53.2 Å². The van der Waals surface area contributed by atoms with E-state index in [1.165, 1.54) is 12.3 Å². The zero-order chi connectivity index (χ0) is 21.6. The number of hydrogen-bond donors (Lipinski definition) is 9. The van der Waals surface area contributed by atoms with Crippen molar-refractivity contribution in [2.75, 3.05) is 6.61 Å². The summed E-state index contributed by atoms with van der Waals surface area (Å²) in [6.45, 7) is -0.760. The maximum Gasteiger partial charge on any atom is 0.745 e. The van der Waals surface area contributed by atoms with E-state index in [0.29, 0.717) is 0 Å². The van der Waals surface area contributed by atoms with Gasteiger partial charge in [0.05, 0.1) is 6.61 Å². The van der Waals surface area contributed by atoms with Crippen LogP contribution < -0.4 is 11.2 Å². The number of aliphatic hydroxyl groups is 5. The van der Waals surface area contributed by atoms with Crippen LogP contribution in [0.1, 0.15) is 0 Å². The van der Waals surface area contributed by atoms with Crippen molar-refractivity contribution in [3.05, 3.63) is 33.1 Å². The van der Waals surface area contributed by atoms with Gasteiger partial charge in [0, 0.05) is 21.4 Å². The minimum Gasteiger partial charge on any atom is -0.394 e. The highest BCUT2D eigenvalue weighted by Crippen LogP contribution is 2.30. The topological polar surface area (TPSA) is 268 Å². The summed E-state index contributed by atoms with van der Waals surface area (Å²) in [4.78, 5) is 49.9. The van der Waals surface area contributed by atoms with Gasteiger partial charge in [-0.05, 0) is 0 Å². The number of aliphatic hydroxyl groups excluding tert-OH is 5. The highest BCUT2D eigenvalue weighted by atomic mass is 31.2. The third-order valence-electron chi connectivity index (χ3n) is 2.25. The highest BCUT2D eigenvalue weighted by molar-refractivity contribution is 7.46. The van der Waals surface area contributed by atoms with Crippen LogP contribution >= 0.6 is 16.5 Å². The van der Waals surface area contributed by atoms with E-state index in [0.717, 1.165) is 0 Å². The Balaban J connectivity index is 0. The molecule has 9 N–H and O–H groups in total. The Morgan fingerprint density at radius 1 is 1.07 bits per heavy atom. The summed E-state index contributed by atoms with van der Waals surface area (Å²) in [5, 5.41) is 43.5. The van der Waals surface area contributed by atoms with Crippen molar-refractivity contribution in [1.82, 2.24) is 9.97 Å². The minimum absolute atomic E-state index is 0.0258. The predicted octanol–water partition coefficient (Wildman–Crippen LogP) is -4.01. The van der Waals surface area contributed by atoms with Crippen LogP contribution in [0.3, 0.4) is 0 Å². The van der Waals surface area contributed by atoms with Gasteiger partial charge in [-0.2, -0.15) is 0 Å². The van der Waals surface area contributed by atoms with Crippen LogP contribution in [0.25, 0.3) is 0 Å². The van der Waals surface area contributed by atoms with Gasteiger partial charge in [-0.15, -0.1) is 9.79 Å². The van der Waals surface area contributed by atoms with Crippen molar-refractivity contribution in [3.63, 3.8) is 0 Å². The third kappa shape index (κ3) is 15.0. The van der Waals surface area contributed by atoms with Gasteiger partial charge < -0.3 is 35.3 Å². The zero-order valence-electron chi connectivity index (χ0n) is 13.2. The van der Waals surface area contributed by atoms with Gasteiger partial charge in [0.1, 0.15) is 24.4 Å². The number of carbonyl (C=O) groups excluding carboxylic acids is 1. The van der Waals surface area contributed by atoms with Crippen LogP contribution in [0, 0.1) is 0 Å². The fraction of sp³-hybridized carbons (Fsp3) is 0.500. The van der Waals surface area contributed by atoms with Gasteiger partial charge in [-0.25, -0.2) is 4.79 Å². The van der Waals surface area contributed by atoms with Gasteiger partial charge in [-0.3, -0.25) is 9.78 Å². The Morgan fingerprint density at radius 3 is 1.85 bits per heavy atom. The summed E-state index contributed by atoms with van der Waals surface area (Å²) < 4.78 is 22.2. The molecule has 0 aliphatic rings. The summed E-state index contributed by atoms with van der Waals surface area (Å²) in [6, 6.07) is 1.24. The minimum atomic E-state index is -2.92. The SMILES string of the molecule is O=CC(O)C(O)C(O)C(O)CO.O=[P+](O)O[P+](=O)O.O=c1cc[nH]c(=O)[nH]1. The molecular weight excluding hydrogens is 418 g/mol. The molecule has 0 bridgehead atoms. The monoisotopic (exact) mass is 436 g/mol. The number of aromatic nitrogens is 2. The number of H-pyrrole nitrogens is 2. The fourth-order valence-corrected chi connectivity index (χ4v) is 1.54. The average Bonchev–Trinajstić information content (AvgIpc) is 2.58. The van der Waals surface area contributed by atoms with Gasteiger partial charge in [0.2, 0.25) is 0 Å². The molecule has 6 atom stereocenters. The fourth-order valence-electron chi connectivity index (χ4n) is 1.06. The van der Waals surface area contributed by atoms with Gasteiger partial charge in [0.25, 0.3) is 5.56 Å². The summed E-state index contributed by atoms with van der Waals surface area (Å²) in [6.07, 6.45) is -5.55. The second-order valence-corrected chi connectivity index (χ2v) is 5.82. The second kappa shape index (κ2) is 15.3. The van der Waals surface area contributed by atoms with Crippen molar-refractivity contribution < 1.29 is 53.6 Å². The van der Waals surface area contributed by atoms with E-state index in [2.05, 4.69) is 9.29 Å². The van der Waals surface area contributed by atoms with Crippen LogP contribution in [0.4, 0.5) is 0 Å². The summed E-state index contributed by atoms with van der Waals surface area (Å²) in [5.74, 6) is 0. The smallest absolute Gasteiger partial charge is 0.394 e. The molecule has 154 valence electrons. The average molecular weight is 436 g/mol. The molecule has 0 fully saturated rings. The predicted molar refractivity (Wildman–Crippen MR) is 85.6 cm³/mol. The van der Waals surface area contributed by atoms with Crippen molar-refractivity contribution in [3.8, 4) is 0 Å². The van der Waals surface area contributed by atoms with Crippen molar-refractivity contribution >= 4 is 22.8 Å². The van der Waals surface area contributed by atoms with Crippen LogP contribution in [-0.2, 0) is 18.2 Å². The van der Waals surface area contributed by atoms with Crippen molar-refractivity contribution in [2.24, 2.45) is 0 Å². The molecule has 1 aromatic heterocycles. The summed E-state index contributed by atoms with van der Waals surface area (Å²) >= 11 is 0. The number of aldehydes is 1. The van der Waals surface area contributed by atoms with E-state index in [1.54, 1.807) is 0 Å². The molecule has 0 amide bonds. The lowest BCUT2D eigenvalue weighted by molar-refractivity contribution is -0.136. The van der Waals surface area contributed by atoms with Gasteiger partial charge in [0.15, 0.2) is 10.6 Å². The molecule has 6 unspecified atom stereocenters. The van der Waals surface area contributed by atoms with E-state index in [1.807, 2.05) is 4.98 Å². The standard InChI is InChI=1S/C6H12O6.C4H4N2O2.O5P2/c7-1-3(9)5(11)6(12)4(10)2-8;7-3-1-2-5-4(8)6-3;1-6(2)5-7(3)4/h1,3-6,8-12H,2H2;1-2H,(H2,5,6,7,8);/p+2. The number of carbonyl (C=O) groups is 1. The first-order valence-electron chi connectivity index (χ1n) is 6.53. The highest BCUT2D eigenvalue weighted by Gasteiger charge is 2.31. The number of nitrogens with one attached hydrogen (secondary N) is 2.